The van der Waals surface area contributed by atoms with Gasteiger partial charge < -0.3 is 14.8 Å². The molecule has 1 aliphatic rings. The van der Waals surface area contributed by atoms with Gasteiger partial charge in [0.1, 0.15) is 6.54 Å². The number of nitrogens with one attached hydrogen (secondary N) is 1. The molecule has 0 aliphatic carbocycles. The van der Waals surface area contributed by atoms with Gasteiger partial charge in [0.05, 0.1) is 11.0 Å². The van der Waals surface area contributed by atoms with Crippen molar-refractivity contribution < 1.29 is 4.79 Å². The summed E-state index contributed by atoms with van der Waals surface area (Å²) in [6.45, 7) is 8.59. The number of nitrogens with zero attached hydrogens (tertiary/aromatic N) is 4. The van der Waals surface area contributed by atoms with Crippen molar-refractivity contribution in [2.75, 3.05) is 37.6 Å². The van der Waals surface area contributed by atoms with Crippen molar-refractivity contribution in [2.24, 2.45) is 7.05 Å². The predicted molar refractivity (Wildman–Crippen MR) is 136 cm³/mol. The third kappa shape index (κ3) is 5.07. The Kier molecular flexibility index (Phi) is 7.17. The summed E-state index contributed by atoms with van der Waals surface area (Å²) in [6, 6.07) is 16.2. The van der Waals surface area contributed by atoms with Crippen LogP contribution >= 0.6 is 0 Å². The number of rotatable bonds is 7. The number of piperazine rings is 1. The van der Waals surface area contributed by atoms with E-state index in [4.69, 9.17) is 0 Å². The van der Waals surface area contributed by atoms with Crippen LogP contribution in [0.5, 0.6) is 0 Å². The number of benzene rings is 2. The number of amides is 1. The number of aromatic nitrogens is 2. The Morgan fingerprint density at radius 3 is 2.53 bits per heavy atom. The summed E-state index contributed by atoms with van der Waals surface area (Å²) >= 11 is 0. The Bertz CT molecular complexity index is 1300. The second-order valence-electron chi connectivity index (χ2n) is 9.13. The summed E-state index contributed by atoms with van der Waals surface area (Å²) in [6.07, 6.45) is 0.828. The van der Waals surface area contributed by atoms with Crippen LogP contribution in [0.3, 0.4) is 0 Å². The zero-order valence-electron chi connectivity index (χ0n) is 20.2. The van der Waals surface area contributed by atoms with Crippen LogP contribution in [-0.2, 0) is 18.4 Å². The largest absolute Gasteiger partial charge is 0.366 e. The highest BCUT2D eigenvalue weighted by molar-refractivity contribution is 5.80. The fourth-order valence-electron chi connectivity index (χ4n) is 4.77. The number of para-hydroxylation sites is 2. The molecule has 1 atom stereocenters. The maximum Gasteiger partial charge on any atom is 0.317 e. The lowest BCUT2D eigenvalue weighted by molar-refractivity contribution is -0.121. The van der Waals surface area contributed by atoms with E-state index in [0.717, 1.165) is 32.6 Å². The van der Waals surface area contributed by atoms with Crippen LogP contribution in [0, 0.1) is 6.92 Å². The van der Waals surface area contributed by atoms with Crippen molar-refractivity contribution in [1.29, 1.82) is 0 Å². The third-order valence-electron chi connectivity index (χ3n) is 6.59. The minimum absolute atomic E-state index is 0.165. The maximum atomic E-state index is 12.5. The van der Waals surface area contributed by atoms with Crippen LogP contribution in [-0.4, -0.2) is 58.7 Å². The lowest BCUT2D eigenvalue weighted by Crippen LogP contribution is -2.52. The molecule has 1 N–H and O–H groups in total. The molecular weight excluding hydrogens is 430 g/mol. The number of hydrogen-bond donors (Lipinski definition) is 1. The van der Waals surface area contributed by atoms with Gasteiger partial charge in [-0.3, -0.25) is 23.9 Å². The molecule has 0 bridgehead atoms. The van der Waals surface area contributed by atoms with Gasteiger partial charge in [0.25, 0.3) is 0 Å². The van der Waals surface area contributed by atoms with Crippen LogP contribution in [0.2, 0.25) is 0 Å². The molecule has 8 heteroatoms. The smallest absolute Gasteiger partial charge is 0.317 e. The lowest BCUT2D eigenvalue weighted by atomic mass is 10.1. The molecule has 1 amide bonds. The molecule has 1 unspecified atom stereocenters. The first-order valence-electron chi connectivity index (χ1n) is 11.9. The molecule has 2 aromatic carbocycles. The maximum absolute atomic E-state index is 12.5. The van der Waals surface area contributed by atoms with E-state index in [-0.39, 0.29) is 12.5 Å². The highest BCUT2D eigenvalue weighted by Gasteiger charge is 2.23. The van der Waals surface area contributed by atoms with Crippen LogP contribution in [0.25, 0.3) is 11.0 Å². The third-order valence-corrected chi connectivity index (χ3v) is 6.59. The molecule has 2 heterocycles. The summed E-state index contributed by atoms with van der Waals surface area (Å²) in [5.41, 5.74) is 2.43. The van der Waals surface area contributed by atoms with E-state index >= 15 is 0 Å². The highest BCUT2D eigenvalue weighted by atomic mass is 16.2. The first-order chi connectivity index (χ1) is 16.3. The van der Waals surface area contributed by atoms with Gasteiger partial charge >= 0.3 is 11.1 Å². The number of hydrogen-bond acceptors (Lipinski definition) is 5. The second kappa shape index (κ2) is 10.3. The summed E-state index contributed by atoms with van der Waals surface area (Å²) in [5, 5.41) is 2.90. The van der Waals surface area contributed by atoms with Crippen molar-refractivity contribution in [1.82, 2.24) is 19.4 Å². The van der Waals surface area contributed by atoms with E-state index in [9.17, 15) is 14.4 Å². The number of carbonyl (C=O) groups excluding carboxylic acids is 1. The minimum atomic E-state index is -0.684. The normalized spacial score (nSPS) is 16.7. The van der Waals surface area contributed by atoms with Crippen molar-refractivity contribution >= 4 is 22.6 Å². The molecule has 1 aliphatic heterocycles. The molecule has 1 fully saturated rings. The number of carbonyl (C=O) groups is 1. The van der Waals surface area contributed by atoms with E-state index in [1.54, 1.807) is 31.3 Å². The van der Waals surface area contributed by atoms with Gasteiger partial charge in [-0.2, -0.15) is 0 Å². The van der Waals surface area contributed by atoms with Crippen molar-refractivity contribution in [2.45, 2.75) is 32.9 Å². The molecule has 34 heavy (non-hydrogen) atoms. The van der Waals surface area contributed by atoms with Crippen LogP contribution < -0.4 is 21.3 Å². The van der Waals surface area contributed by atoms with Gasteiger partial charge in [-0.15, -0.1) is 0 Å². The van der Waals surface area contributed by atoms with Gasteiger partial charge in [-0.05, 0) is 56.6 Å². The molecule has 4 rings (SSSR count). The van der Waals surface area contributed by atoms with Gasteiger partial charge in [0, 0.05) is 45.0 Å². The number of aryl methyl sites for hydroxylation is 2. The van der Waals surface area contributed by atoms with Crippen LogP contribution in [0.15, 0.2) is 58.1 Å². The molecular formula is C26H33N5O3. The minimum Gasteiger partial charge on any atom is -0.366 e. The Hall–Kier alpha value is -3.39. The van der Waals surface area contributed by atoms with Gasteiger partial charge in [0.15, 0.2) is 0 Å². The van der Waals surface area contributed by atoms with E-state index < -0.39 is 11.1 Å². The van der Waals surface area contributed by atoms with E-state index in [1.807, 2.05) is 0 Å². The molecule has 0 radical (unpaired) electrons. The van der Waals surface area contributed by atoms with E-state index in [0.29, 0.717) is 23.6 Å². The Morgan fingerprint density at radius 2 is 1.79 bits per heavy atom. The SMILES string of the molecule is Cc1cccc(N2CCN(CCCNC(=O)Cn3c(=O)c(=O)n(C)c4ccccc43)CC2C)c1. The number of fused-ring (bicyclic) bond motifs is 1. The Morgan fingerprint density at radius 1 is 1.03 bits per heavy atom. The van der Waals surface area contributed by atoms with Gasteiger partial charge in [-0.1, -0.05) is 24.3 Å². The highest BCUT2D eigenvalue weighted by Crippen LogP contribution is 2.21. The summed E-state index contributed by atoms with van der Waals surface area (Å²) in [7, 11) is 1.57. The standard InChI is InChI=1S/C26H33N5O3/c1-19-8-6-9-21(16-19)30-15-14-29(17-20(30)2)13-7-12-27-24(32)18-31-23-11-5-4-10-22(23)28(3)25(33)26(31)34/h4-6,8-11,16,20H,7,12-15,17-18H2,1-3H3,(H,27,32). The number of anilines is 1. The summed E-state index contributed by atoms with van der Waals surface area (Å²) in [5.74, 6) is -0.266. The van der Waals surface area contributed by atoms with Crippen molar-refractivity contribution in [3.05, 3.63) is 74.8 Å². The van der Waals surface area contributed by atoms with E-state index in [2.05, 4.69) is 53.2 Å². The Labute approximate surface area is 199 Å². The monoisotopic (exact) mass is 463 g/mol. The molecule has 1 saturated heterocycles. The van der Waals surface area contributed by atoms with Gasteiger partial charge in [-0.25, -0.2) is 0 Å². The second-order valence-corrected chi connectivity index (χ2v) is 9.13. The van der Waals surface area contributed by atoms with Gasteiger partial charge in [0.2, 0.25) is 5.91 Å². The molecule has 3 aromatic rings. The molecule has 180 valence electrons. The molecule has 0 spiro atoms. The first kappa shape index (κ1) is 23.8. The fraction of sp³-hybridized carbons (Fsp3) is 0.423. The van der Waals surface area contributed by atoms with E-state index in [1.165, 1.54) is 20.4 Å². The van der Waals surface area contributed by atoms with Crippen LogP contribution in [0.1, 0.15) is 18.9 Å². The summed E-state index contributed by atoms with van der Waals surface area (Å²) < 4.78 is 2.59. The average molecular weight is 464 g/mol. The predicted octanol–water partition coefficient (Wildman–Crippen LogP) is 1.73. The molecule has 8 nitrogen and oxygen atoms in total. The van der Waals surface area contributed by atoms with Crippen molar-refractivity contribution in [3.8, 4) is 0 Å². The quantitative estimate of drug-likeness (QED) is 0.426. The zero-order valence-corrected chi connectivity index (χ0v) is 20.2. The van der Waals surface area contributed by atoms with Crippen LogP contribution in [0.4, 0.5) is 5.69 Å². The lowest BCUT2D eigenvalue weighted by Gasteiger charge is -2.41. The molecule has 1 aromatic heterocycles. The zero-order chi connectivity index (χ0) is 24.2. The Balaban J connectivity index is 1.27. The van der Waals surface area contributed by atoms with Crippen molar-refractivity contribution in [3.63, 3.8) is 0 Å². The first-order valence-corrected chi connectivity index (χ1v) is 11.9. The fourth-order valence-corrected chi connectivity index (χ4v) is 4.77. The summed E-state index contributed by atoms with van der Waals surface area (Å²) in [4.78, 5) is 42.2. The average Bonchev–Trinajstić information content (AvgIpc) is 2.83. The topological polar surface area (TPSA) is 79.6 Å². The molecule has 0 saturated carbocycles.